The van der Waals surface area contributed by atoms with Crippen molar-refractivity contribution in [1.82, 2.24) is 0 Å². The lowest BCUT2D eigenvalue weighted by Crippen LogP contribution is -3.15. The van der Waals surface area contributed by atoms with Crippen LogP contribution < -0.4 is 21.9 Å². The average Bonchev–Trinajstić information content (AvgIpc) is 2.53. The zero-order valence-corrected chi connectivity index (χ0v) is 17.8. The van der Waals surface area contributed by atoms with Crippen LogP contribution in [0.1, 0.15) is 104 Å². The lowest BCUT2D eigenvalue weighted by atomic mass is 10.0. The molecule has 0 bridgehead atoms. The quantitative estimate of drug-likeness (QED) is 0.358. The van der Waals surface area contributed by atoms with Gasteiger partial charge in [0.1, 0.15) is 0 Å². The van der Waals surface area contributed by atoms with Gasteiger partial charge in [0.15, 0.2) is 0 Å². The van der Waals surface area contributed by atoms with Gasteiger partial charge in [-0.1, -0.05) is 59.3 Å². The molecular formula is C20H44BrNO. The molecular weight excluding hydrogens is 350 g/mol. The van der Waals surface area contributed by atoms with Gasteiger partial charge in [-0.05, 0) is 38.5 Å². The molecule has 1 atom stereocenters. The Kier molecular flexibility index (Phi) is 22.8. The molecule has 0 saturated carbocycles. The molecule has 0 fully saturated rings. The molecule has 0 heterocycles. The van der Waals surface area contributed by atoms with Crippen LogP contribution in [0.3, 0.4) is 0 Å². The van der Waals surface area contributed by atoms with Crippen molar-refractivity contribution in [3.63, 3.8) is 0 Å². The topological polar surface area (TPSA) is 24.7 Å². The minimum atomic E-state index is 0. The Balaban J connectivity index is 0. The highest BCUT2D eigenvalue weighted by Gasteiger charge is 2.20. The molecule has 0 aliphatic rings. The smallest absolute Gasteiger partial charge is 0.0896 e. The van der Waals surface area contributed by atoms with E-state index in [1.165, 1.54) is 90.1 Å². The first-order valence-corrected chi connectivity index (χ1v) is 10.2. The number of halogens is 1. The third-order valence-electron chi connectivity index (χ3n) is 4.91. The van der Waals surface area contributed by atoms with Gasteiger partial charge in [-0.2, -0.15) is 0 Å². The summed E-state index contributed by atoms with van der Waals surface area (Å²) in [5.41, 5.74) is 0. The number of hydrogen-bond acceptors (Lipinski definition) is 1. The summed E-state index contributed by atoms with van der Waals surface area (Å²) in [5.74, 6) is 0. The van der Waals surface area contributed by atoms with Crippen LogP contribution in [-0.2, 0) is 0 Å². The second-order valence-electron chi connectivity index (χ2n) is 6.98. The fourth-order valence-corrected chi connectivity index (χ4v) is 3.44. The van der Waals surface area contributed by atoms with E-state index >= 15 is 0 Å². The van der Waals surface area contributed by atoms with Crippen LogP contribution >= 0.6 is 0 Å². The van der Waals surface area contributed by atoms with Crippen LogP contribution in [0.25, 0.3) is 0 Å². The molecule has 0 aromatic carbocycles. The van der Waals surface area contributed by atoms with E-state index in [9.17, 15) is 5.11 Å². The maximum Gasteiger partial charge on any atom is 0.0896 e. The van der Waals surface area contributed by atoms with E-state index < -0.39 is 0 Å². The SMILES string of the molecule is CCCCCC[NH+](CCCCCC)C(CCO)CCCCC.[Br-]. The van der Waals surface area contributed by atoms with Crippen molar-refractivity contribution in [3.8, 4) is 0 Å². The molecule has 0 aliphatic carbocycles. The van der Waals surface area contributed by atoms with Crippen molar-refractivity contribution in [3.05, 3.63) is 0 Å². The number of aliphatic hydroxyl groups is 1. The number of aliphatic hydroxyl groups excluding tert-OH is 1. The molecule has 1 unspecified atom stereocenters. The van der Waals surface area contributed by atoms with Crippen molar-refractivity contribution in [2.45, 2.75) is 110 Å². The maximum absolute atomic E-state index is 9.45. The van der Waals surface area contributed by atoms with Gasteiger partial charge in [-0.15, -0.1) is 0 Å². The summed E-state index contributed by atoms with van der Waals surface area (Å²) in [6.45, 7) is 9.86. The fraction of sp³-hybridized carbons (Fsp3) is 1.00. The van der Waals surface area contributed by atoms with Crippen LogP contribution in [0, 0.1) is 0 Å². The Morgan fingerprint density at radius 3 is 1.57 bits per heavy atom. The predicted octanol–water partition coefficient (Wildman–Crippen LogP) is 1.37. The number of nitrogens with one attached hydrogen (secondary N) is 1. The van der Waals surface area contributed by atoms with E-state index in [0.717, 1.165) is 6.42 Å². The molecule has 0 radical (unpaired) electrons. The Morgan fingerprint density at radius 2 is 1.13 bits per heavy atom. The molecule has 0 aromatic heterocycles. The first-order valence-electron chi connectivity index (χ1n) is 10.2. The van der Waals surface area contributed by atoms with Crippen LogP contribution in [0.15, 0.2) is 0 Å². The molecule has 2 N–H and O–H groups in total. The summed E-state index contributed by atoms with van der Waals surface area (Å²) in [4.78, 5) is 1.79. The molecule has 3 heteroatoms. The van der Waals surface area contributed by atoms with Gasteiger partial charge in [-0.25, -0.2) is 0 Å². The van der Waals surface area contributed by atoms with Crippen LogP contribution in [-0.4, -0.2) is 30.8 Å². The number of unbranched alkanes of at least 4 members (excludes halogenated alkanes) is 8. The molecule has 0 aliphatic heterocycles. The summed E-state index contributed by atoms with van der Waals surface area (Å²) < 4.78 is 0. The average molecular weight is 394 g/mol. The zero-order valence-electron chi connectivity index (χ0n) is 16.2. The molecule has 2 nitrogen and oxygen atoms in total. The van der Waals surface area contributed by atoms with Gasteiger partial charge < -0.3 is 27.0 Å². The Labute approximate surface area is 157 Å². The highest BCUT2D eigenvalue weighted by molar-refractivity contribution is 4.58. The fourth-order valence-electron chi connectivity index (χ4n) is 3.44. The van der Waals surface area contributed by atoms with Gasteiger partial charge in [-0.3, -0.25) is 0 Å². The van der Waals surface area contributed by atoms with E-state index in [2.05, 4.69) is 20.8 Å². The number of quaternary nitrogens is 1. The monoisotopic (exact) mass is 393 g/mol. The highest BCUT2D eigenvalue weighted by Crippen LogP contribution is 2.06. The van der Waals surface area contributed by atoms with E-state index in [4.69, 9.17) is 0 Å². The lowest BCUT2D eigenvalue weighted by Gasteiger charge is -2.29. The normalized spacial score (nSPS) is 12.4. The summed E-state index contributed by atoms with van der Waals surface area (Å²) >= 11 is 0. The summed E-state index contributed by atoms with van der Waals surface area (Å²) in [6, 6.07) is 0.694. The van der Waals surface area contributed by atoms with Crippen molar-refractivity contribution < 1.29 is 27.0 Å². The molecule has 142 valence electrons. The first-order chi connectivity index (χ1) is 10.8. The van der Waals surface area contributed by atoms with E-state index in [1.807, 2.05) is 0 Å². The van der Waals surface area contributed by atoms with Crippen molar-refractivity contribution in [2.75, 3.05) is 19.7 Å². The third-order valence-corrected chi connectivity index (χ3v) is 4.91. The lowest BCUT2D eigenvalue weighted by molar-refractivity contribution is -0.926. The van der Waals surface area contributed by atoms with Crippen LogP contribution in [0.2, 0.25) is 0 Å². The van der Waals surface area contributed by atoms with Gasteiger partial charge in [0.2, 0.25) is 0 Å². The molecule has 0 saturated heterocycles. The molecule has 0 rings (SSSR count). The summed E-state index contributed by atoms with van der Waals surface area (Å²) in [6.07, 6.45) is 17.2. The highest BCUT2D eigenvalue weighted by atomic mass is 79.9. The van der Waals surface area contributed by atoms with Gasteiger partial charge in [0.25, 0.3) is 0 Å². The molecule has 0 amide bonds. The molecule has 0 spiro atoms. The minimum Gasteiger partial charge on any atom is -1.00 e. The predicted molar refractivity (Wildman–Crippen MR) is 98.6 cm³/mol. The maximum atomic E-state index is 9.45. The summed E-state index contributed by atoms with van der Waals surface area (Å²) in [7, 11) is 0. The van der Waals surface area contributed by atoms with Crippen molar-refractivity contribution >= 4 is 0 Å². The van der Waals surface area contributed by atoms with Gasteiger partial charge in [0, 0.05) is 13.0 Å². The zero-order chi connectivity index (χ0) is 16.5. The van der Waals surface area contributed by atoms with Crippen molar-refractivity contribution in [1.29, 1.82) is 0 Å². The number of hydrogen-bond donors (Lipinski definition) is 2. The second-order valence-corrected chi connectivity index (χ2v) is 6.98. The minimum absolute atomic E-state index is 0. The Morgan fingerprint density at radius 1 is 0.652 bits per heavy atom. The van der Waals surface area contributed by atoms with Gasteiger partial charge >= 0.3 is 0 Å². The summed E-state index contributed by atoms with van der Waals surface area (Å²) in [5, 5.41) is 9.45. The second kappa shape index (κ2) is 20.4. The Hall–Kier alpha value is 0.400. The van der Waals surface area contributed by atoms with E-state index in [-0.39, 0.29) is 17.0 Å². The molecule has 0 aromatic rings. The van der Waals surface area contributed by atoms with Crippen LogP contribution in [0.5, 0.6) is 0 Å². The van der Waals surface area contributed by atoms with E-state index in [0.29, 0.717) is 12.6 Å². The van der Waals surface area contributed by atoms with E-state index in [1.54, 1.807) is 4.90 Å². The molecule has 23 heavy (non-hydrogen) atoms. The van der Waals surface area contributed by atoms with Crippen LogP contribution in [0.4, 0.5) is 0 Å². The van der Waals surface area contributed by atoms with Gasteiger partial charge in [0.05, 0.1) is 19.1 Å². The standard InChI is InChI=1S/C20H43NO.BrH/c1-4-7-10-13-17-21(18-14-11-8-5-2)20(16-19-22)15-12-9-6-3;/h20,22H,4-19H2,1-3H3;1H. The Bertz CT molecular complexity index is 202. The third kappa shape index (κ3) is 15.7. The van der Waals surface area contributed by atoms with Crippen molar-refractivity contribution in [2.24, 2.45) is 0 Å². The largest absolute Gasteiger partial charge is 1.00 e. The first kappa shape index (κ1) is 25.6. The number of rotatable bonds is 17.